The predicted octanol–water partition coefficient (Wildman–Crippen LogP) is 3.88. The third-order valence-corrected chi connectivity index (χ3v) is 7.02. The highest BCUT2D eigenvalue weighted by atomic mass is 16.5. The molecule has 2 aliphatic heterocycles. The SMILES string of the molecule is COc1ccnc2cc([C@@H](CC(=O)O)N3CCN(CCCc4ccc5c(n4)NCCC5)C3=O)ccc12. The number of urea groups is 1. The normalized spacial score (nSPS) is 16.1. The number of hydrogen-bond donors (Lipinski definition) is 2. The number of hydrogen-bond acceptors (Lipinski definition) is 6. The van der Waals surface area contributed by atoms with Crippen molar-refractivity contribution in [2.45, 2.75) is 38.1 Å². The van der Waals surface area contributed by atoms with Gasteiger partial charge in [0, 0.05) is 43.5 Å². The summed E-state index contributed by atoms with van der Waals surface area (Å²) in [5.74, 6) is 0.743. The first-order chi connectivity index (χ1) is 17.5. The van der Waals surface area contributed by atoms with Gasteiger partial charge in [0.05, 0.1) is 25.1 Å². The van der Waals surface area contributed by atoms with Gasteiger partial charge in [-0.1, -0.05) is 12.1 Å². The van der Waals surface area contributed by atoms with E-state index in [4.69, 9.17) is 9.72 Å². The second-order valence-corrected chi connectivity index (χ2v) is 9.31. The number of aliphatic carboxylic acids is 1. The number of nitrogens with one attached hydrogen (secondary N) is 1. The van der Waals surface area contributed by atoms with E-state index in [2.05, 4.69) is 22.4 Å². The van der Waals surface area contributed by atoms with Crippen LogP contribution >= 0.6 is 0 Å². The van der Waals surface area contributed by atoms with Gasteiger partial charge in [0.1, 0.15) is 11.6 Å². The molecule has 2 aliphatic rings. The van der Waals surface area contributed by atoms with Crippen molar-refractivity contribution < 1.29 is 19.4 Å². The van der Waals surface area contributed by atoms with Gasteiger partial charge in [-0.05, 0) is 61.1 Å². The molecule has 0 aliphatic carbocycles. The summed E-state index contributed by atoms with van der Waals surface area (Å²) in [5.41, 5.74) is 3.75. The second-order valence-electron chi connectivity index (χ2n) is 9.31. The molecule has 1 fully saturated rings. The monoisotopic (exact) mass is 489 g/mol. The number of carbonyl (C=O) groups excluding carboxylic acids is 1. The van der Waals surface area contributed by atoms with Gasteiger partial charge >= 0.3 is 12.0 Å². The van der Waals surface area contributed by atoms with Gasteiger partial charge in [0.2, 0.25) is 0 Å². The summed E-state index contributed by atoms with van der Waals surface area (Å²) in [7, 11) is 1.60. The summed E-state index contributed by atoms with van der Waals surface area (Å²) in [6, 6.07) is 10.9. The Labute approximate surface area is 210 Å². The lowest BCUT2D eigenvalue weighted by molar-refractivity contribution is -0.138. The molecule has 1 aromatic carbocycles. The first kappa shape index (κ1) is 23.8. The van der Waals surface area contributed by atoms with E-state index in [9.17, 15) is 14.7 Å². The first-order valence-electron chi connectivity index (χ1n) is 12.5. The highest BCUT2D eigenvalue weighted by Gasteiger charge is 2.35. The number of methoxy groups -OCH3 is 1. The summed E-state index contributed by atoms with van der Waals surface area (Å²) >= 11 is 0. The molecule has 2 N–H and O–H groups in total. The lowest BCUT2D eigenvalue weighted by atomic mass is 10.00. The molecule has 9 nitrogen and oxygen atoms in total. The lowest BCUT2D eigenvalue weighted by Gasteiger charge is -2.27. The van der Waals surface area contributed by atoms with Crippen molar-refractivity contribution in [3.8, 4) is 5.75 Å². The molecule has 4 heterocycles. The van der Waals surface area contributed by atoms with E-state index in [1.165, 1.54) is 5.56 Å². The fraction of sp³-hybridized carbons (Fsp3) is 0.407. The van der Waals surface area contributed by atoms with Crippen LogP contribution in [0.15, 0.2) is 42.6 Å². The van der Waals surface area contributed by atoms with Crippen LogP contribution in [0.5, 0.6) is 5.75 Å². The smallest absolute Gasteiger partial charge is 0.320 e. The van der Waals surface area contributed by atoms with E-state index in [0.717, 1.165) is 54.7 Å². The molecular formula is C27H31N5O4. The average Bonchev–Trinajstić information content (AvgIpc) is 3.26. The van der Waals surface area contributed by atoms with Crippen LogP contribution in [0.3, 0.4) is 0 Å². The summed E-state index contributed by atoms with van der Waals surface area (Å²) in [4.78, 5) is 37.7. The number of aromatic nitrogens is 2. The van der Waals surface area contributed by atoms with Crippen molar-refractivity contribution in [3.63, 3.8) is 0 Å². The molecule has 2 amide bonds. The zero-order valence-corrected chi connectivity index (χ0v) is 20.4. The average molecular weight is 490 g/mol. The number of benzene rings is 1. The number of pyridine rings is 2. The van der Waals surface area contributed by atoms with Crippen LogP contribution in [0.2, 0.25) is 0 Å². The van der Waals surface area contributed by atoms with Crippen molar-refractivity contribution in [1.82, 2.24) is 19.8 Å². The minimum atomic E-state index is -0.947. The number of carboxylic acid groups (broad SMARTS) is 1. The Morgan fingerprint density at radius 3 is 2.94 bits per heavy atom. The molecule has 0 spiro atoms. The number of ether oxygens (including phenoxy) is 1. The first-order valence-corrected chi connectivity index (χ1v) is 12.5. The van der Waals surface area contributed by atoms with Gasteiger partial charge in [-0.15, -0.1) is 0 Å². The van der Waals surface area contributed by atoms with Crippen LogP contribution in [-0.4, -0.2) is 70.2 Å². The number of fused-ring (bicyclic) bond motifs is 2. The van der Waals surface area contributed by atoms with Crippen LogP contribution < -0.4 is 10.1 Å². The topological polar surface area (TPSA) is 108 Å². The minimum absolute atomic E-state index is 0.125. The third kappa shape index (κ3) is 4.91. The Balaban J connectivity index is 1.26. The van der Waals surface area contributed by atoms with Gasteiger partial charge in [-0.2, -0.15) is 0 Å². The molecule has 0 bridgehead atoms. The van der Waals surface area contributed by atoms with E-state index in [1.807, 2.05) is 23.1 Å². The van der Waals surface area contributed by atoms with Gasteiger partial charge < -0.3 is 25.0 Å². The molecule has 188 valence electrons. The molecule has 36 heavy (non-hydrogen) atoms. The molecule has 3 aromatic rings. The Morgan fingerprint density at radius 2 is 2.11 bits per heavy atom. The van der Waals surface area contributed by atoms with Gasteiger partial charge in [0.15, 0.2) is 0 Å². The van der Waals surface area contributed by atoms with E-state index in [0.29, 0.717) is 30.9 Å². The fourth-order valence-electron chi connectivity index (χ4n) is 5.15. The standard InChI is InChI=1S/C27H31N5O4/c1-36-24-10-12-28-22-16-19(7-9-21(22)24)23(17-25(33)34)32-15-14-31(27(32)35)13-3-5-20-8-6-18-4-2-11-29-26(18)30-20/h6-10,12,16,23H,2-5,11,13-15,17H2,1H3,(H,29,30)(H,33,34)/t23-/m1/s1. The van der Waals surface area contributed by atoms with E-state index >= 15 is 0 Å². The fourth-order valence-corrected chi connectivity index (χ4v) is 5.15. The van der Waals surface area contributed by atoms with Crippen LogP contribution in [0.25, 0.3) is 10.9 Å². The Bertz CT molecular complexity index is 1280. The van der Waals surface area contributed by atoms with Crippen molar-refractivity contribution in [1.29, 1.82) is 0 Å². The Hall–Kier alpha value is -3.88. The predicted molar refractivity (Wildman–Crippen MR) is 136 cm³/mol. The second kappa shape index (κ2) is 10.4. The van der Waals surface area contributed by atoms with Crippen LogP contribution in [0.1, 0.15) is 42.1 Å². The molecule has 1 saturated heterocycles. The Morgan fingerprint density at radius 1 is 1.22 bits per heavy atom. The highest BCUT2D eigenvalue weighted by molar-refractivity contribution is 5.86. The van der Waals surface area contributed by atoms with E-state index < -0.39 is 12.0 Å². The summed E-state index contributed by atoms with van der Waals surface area (Å²) in [5, 5.41) is 13.8. The van der Waals surface area contributed by atoms with Crippen LogP contribution in [0, 0.1) is 0 Å². The molecule has 9 heteroatoms. The maximum absolute atomic E-state index is 13.3. The molecule has 1 atom stereocenters. The van der Waals surface area contributed by atoms with Crippen molar-refractivity contribution in [3.05, 3.63) is 59.4 Å². The summed E-state index contributed by atoms with van der Waals surface area (Å²) < 4.78 is 5.41. The lowest BCUT2D eigenvalue weighted by Crippen LogP contribution is -2.36. The third-order valence-electron chi connectivity index (χ3n) is 7.02. The number of carboxylic acids is 1. The summed E-state index contributed by atoms with van der Waals surface area (Å²) in [6.07, 6.45) is 5.28. The summed E-state index contributed by atoms with van der Waals surface area (Å²) in [6.45, 7) is 2.63. The van der Waals surface area contributed by atoms with Gasteiger partial charge in [-0.3, -0.25) is 9.78 Å². The van der Waals surface area contributed by atoms with E-state index in [-0.39, 0.29) is 12.5 Å². The van der Waals surface area contributed by atoms with Crippen LogP contribution in [0.4, 0.5) is 10.6 Å². The number of amides is 2. The number of nitrogens with zero attached hydrogens (tertiary/aromatic N) is 4. The maximum atomic E-state index is 13.3. The van der Waals surface area contributed by atoms with E-state index in [1.54, 1.807) is 24.3 Å². The quantitative estimate of drug-likeness (QED) is 0.470. The molecule has 0 saturated carbocycles. The molecule has 0 radical (unpaired) electrons. The van der Waals surface area contributed by atoms with Crippen molar-refractivity contribution >= 4 is 28.7 Å². The minimum Gasteiger partial charge on any atom is -0.496 e. The van der Waals surface area contributed by atoms with Gasteiger partial charge in [-0.25, -0.2) is 9.78 Å². The molecule has 5 rings (SSSR count). The molecular weight excluding hydrogens is 458 g/mol. The maximum Gasteiger partial charge on any atom is 0.320 e. The largest absolute Gasteiger partial charge is 0.496 e. The van der Waals surface area contributed by atoms with Gasteiger partial charge in [0.25, 0.3) is 0 Å². The number of aryl methyl sites for hydroxylation is 2. The Kier molecular flexibility index (Phi) is 6.88. The van der Waals surface area contributed by atoms with Crippen molar-refractivity contribution in [2.75, 3.05) is 38.6 Å². The molecule has 2 aromatic heterocycles. The highest BCUT2D eigenvalue weighted by Crippen LogP contribution is 2.32. The van der Waals surface area contributed by atoms with Crippen LogP contribution in [-0.2, 0) is 17.6 Å². The number of carbonyl (C=O) groups is 2. The number of rotatable bonds is 9. The molecule has 0 unspecified atom stereocenters. The zero-order valence-electron chi connectivity index (χ0n) is 20.4. The number of anilines is 1. The van der Waals surface area contributed by atoms with Crippen molar-refractivity contribution in [2.24, 2.45) is 0 Å². The zero-order chi connectivity index (χ0) is 25.1.